The van der Waals surface area contributed by atoms with Gasteiger partial charge in [-0.2, -0.15) is 0 Å². The predicted molar refractivity (Wildman–Crippen MR) is 52.7 cm³/mol. The molecule has 1 aromatic heterocycles. The van der Waals surface area contributed by atoms with Crippen LogP contribution in [0.2, 0.25) is 0 Å². The molecule has 1 heterocycles. The second-order valence-corrected chi connectivity index (χ2v) is 2.74. The lowest BCUT2D eigenvalue weighted by atomic mass is 10.5. The fourth-order valence-corrected chi connectivity index (χ4v) is 0.996. The highest BCUT2D eigenvalue weighted by Crippen LogP contribution is 2.03. The van der Waals surface area contributed by atoms with E-state index in [1.54, 1.807) is 6.20 Å². The van der Waals surface area contributed by atoms with Crippen LogP contribution in [0, 0.1) is 0 Å². The summed E-state index contributed by atoms with van der Waals surface area (Å²) in [6.07, 6.45) is 1.73. The quantitative estimate of drug-likeness (QED) is 0.646. The number of nitrogens with zero attached hydrogens (tertiary/aromatic N) is 2. The Bertz CT molecular complexity index is 222. The van der Waals surface area contributed by atoms with Crippen LogP contribution in [0.15, 0.2) is 24.4 Å². The molecule has 3 nitrogen and oxygen atoms in total. The van der Waals surface area contributed by atoms with Crippen LogP contribution in [0.1, 0.15) is 13.8 Å². The topological polar surface area (TPSA) is 25.4 Å². The average Bonchev–Trinajstić information content (AvgIpc) is 2.21. The highest BCUT2D eigenvalue weighted by Gasteiger charge is 1.99. The first-order chi connectivity index (χ1) is 6.36. The van der Waals surface area contributed by atoms with Gasteiger partial charge in [0.25, 0.3) is 0 Å². The van der Waals surface area contributed by atoms with E-state index in [0.29, 0.717) is 12.6 Å². The largest absolute Gasteiger partial charge is 0.461 e. The van der Waals surface area contributed by atoms with Crippen molar-refractivity contribution >= 4 is 0 Å². The van der Waals surface area contributed by atoms with Gasteiger partial charge in [-0.25, -0.2) is 4.98 Å². The summed E-state index contributed by atoms with van der Waals surface area (Å²) in [4.78, 5) is 6.26. The molecule has 0 atom stereocenters. The van der Waals surface area contributed by atoms with Crippen LogP contribution in [-0.2, 0) is 0 Å². The van der Waals surface area contributed by atoms with Crippen LogP contribution in [0.5, 0.6) is 5.88 Å². The van der Waals surface area contributed by atoms with Crippen LogP contribution >= 0.6 is 0 Å². The van der Waals surface area contributed by atoms with E-state index >= 15 is 0 Å². The molecule has 13 heavy (non-hydrogen) atoms. The van der Waals surface area contributed by atoms with Crippen LogP contribution in [0.3, 0.4) is 0 Å². The van der Waals surface area contributed by atoms with E-state index in [1.807, 2.05) is 18.2 Å². The van der Waals surface area contributed by atoms with E-state index in [-0.39, 0.29) is 0 Å². The molecule has 0 N–H and O–H groups in total. The lowest BCUT2D eigenvalue weighted by molar-refractivity contribution is 0.133. The minimum atomic E-state index is 0.615. The minimum absolute atomic E-state index is 0.615. The summed E-state index contributed by atoms with van der Waals surface area (Å²) in [5, 5.41) is 0. The average molecular weight is 180 g/mol. The van der Waals surface area contributed by atoms with Gasteiger partial charge in [0, 0.05) is 12.3 Å². The molecule has 0 saturated carbocycles. The van der Waals surface area contributed by atoms with Gasteiger partial charge in [-0.1, -0.05) is 19.9 Å². The first-order valence-electron chi connectivity index (χ1n) is 4.63. The summed E-state index contributed by atoms with van der Waals surface area (Å²) in [5.41, 5.74) is 0. The molecule has 0 fully saturated rings. The van der Waals surface area contributed by atoms with Crippen molar-refractivity contribution < 1.29 is 4.74 Å². The van der Waals surface area contributed by atoms with Gasteiger partial charge in [0.1, 0.15) is 6.73 Å². The molecule has 0 aliphatic carbocycles. The number of hydrogen-bond acceptors (Lipinski definition) is 3. The van der Waals surface area contributed by atoms with E-state index in [2.05, 4.69) is 23.7 Å². The van der Waals surface area contributed by atoms with Crippen molar-refractivity contribution in [3.8, 4) is 5.88 Å². The Balaban J connectivity index is 2.34. The summed E-state index contributed by atoms with van der Waals surface area (Å²) >= 11 is 0. The highest BCUT2D eigenvalue weighted by molar-refractivity contribution is 5.08. The van der Waals surface area contributed by atoms with Crippen molar-refractivity contribution in [1.29, 1.82) is 0 Å². The number of ether oxygens (including phenoxy) is 1. The third-order valence-electron chi connectivity index (χ3n) is 1.93. The maximum Gasteiger partial charge on any atom is 0.214 e. The monoisotopic (exact) mass is 180 g/mol. The van der Waals surface area contributed by atoms with E-state index in [1.165, 1.54) is 0 Å². The molecule has 0 radical (unpaired) electrons. The summed E-state index contributed by atoms with van der Waals surface area (Å²) in [6.45, 7) is 6.85. The Labute approximate surface area is 79.3 Å². The number of pyridine rings is 1. The Kier molecular flexibility index (Phi) is 4.26. The molecule has 0 aliphatic heterocycles. The van der Waals surface area contributed by atoms with Crippen molar-refractivity contribution in [2.75, 3.05) is 19.8 Å². The SMILES string of the molecule is CCN(CC)COc1ccccn1. The van der Waals surface area contributed by atoms with Crippen LogP contribution in [0.4, 0.5) is 0 Å². The Morgan fingerprint density at radius 2 is 2.08 bits per heavy atom. The molecule has 0 unspecified atom stereocenters. The molecule has 72 valence electrons. The van der Waals surface area contributed by atoms with Crippen molar-refractivity contribution in [3.63, 3.8) is 0 Å². The molecular formula is C10H16N2O. The van der Waals surface area contributed by atoms with E-state index in [4.69, 9.17) is 4.74 Å². The fraction of sp³-hybridized carbons (Fsp3) is 0.500. The summed E-state index contributed by atoms with van der Waals surface area (Å²) < 4.78 is 5.46. The molecule has 0 spiro atoms. The van der Waals surface area contributed by atoms with Gasteiger partial charge in [0.15, 0.2) is 0 Å². The molecule has 0 amide bonds. The Hall–Kier alpha value is -1.09. The third-order valence-corrected chi connectivity index (χ3v) is 1.93. The Morgan fingerprint density at radius 3 is 2.62 bits per heavy atom. The van der Waals surface area contributed by atoms with Gasteiger partial charge in [0.05, 0.1) is 0 Å². The molecule has 0 saturated heterocycles. The molecular weight excluding hydrogens is 164 g/mol. The Morgan fingerprint density at radius 1 is 1.31 bits per heavy atom. The van der Waals surface area contributed by atoms with Gasteiger partial charge in [-0.3, -0.25) is 4.90 Å². The van der Waals surface area contributed by atoms with Crippen LogP contribution < -0.4 is 4.74 Å². The zero-order chi connectivity index (χ0) is 9.52. The molecule has 0 bridgehead atoms. The first kappa shape index (κ1) is 9.99. The normalized spacial score (nSPS) is 10.4. The minimum Gasteiger partial charge on any atom is -0.461 e. The maximum atomic E-state index is 5.46. The standard InChI is InChI=1S/C10H16N2O/c1-3-12(4-2)9-13-10-7-5-6-8-11-10/h5-8H,3-4,9H2,1-2H3. The van der Waals surface area contributed by atoms with Crippen molar-refractivity contribution in [2.45, 2.75) is 13.8 Å². The van der Waals surface area contributed by atoms with E-state index < -0.39 is 0 Å². The lowest BCUT2D eigenvalue weighted by Gasteiger charge is -2.17. The number of aromatic nitrogens is 1. The lowest BCUT2D eigenvalue weighted by Crippen LogP contribution is -2.27. The highest BCUT2D eigenvalue weighted by atomic mass is 16.5. The predicted octanol–water partition coefficient (Wildman–Crippen LogP) is 1.76. The fourth-order valence-electron chi connectivity index (χ4n) is 0.996. The number of hydrogen-bond donors (Lipinski definition) is 0. The number of rotatable bonds is 5. The molecule has 1 rings (SSSR count). The second kappa shape index (κ2) is 5.54. The van der Waals surface area contributed by atoms with Crippen LogP contribution in [0.25, 0.3) is 0 Å². The van der Waals surface area contributed by atoms with Gasteiger partial charge < -0.3 is 4.74 Å². The van der Waals surface area contributed by atoms with Crippen molar-refractivity contribution in [3.05, 3.63) is 24.4 Å². The maximum absolute atomic E-state index is 5.46. The summed E-state index contributed by atoms with van der Waals surface area (Å²) in [5.74, 6) is 0.689. The van der Waals surface area contributed by atoms with Gasteiger partial charge in [0.2, 0.25) is 5.88 Å². The van der Waals surface area contributed by atoms with Crippen molar-refractivity contribution in [2.24, 2.45) is 0 Å². The van der Waals surface area contributed by atoms with Gasteiger partial charge >= 0.3 is 0 Å². The van der Waals surface area contributed by atoms with E-state index in [0.717, 1.165) is 13.1 Å². The smallest absolute Gasteiger partial charge is 0.214 e. The second-order valence-electron chi connectivity index (χ2n) is 2.74. The molecule has 3 heteroatoms. The van der Waals surface area contributed by atoms with Crippen LogP contribution in [-0.4, -0.2) is 29.7 Å². The molecule has 1 aromatic rings. The first-order valence-corrected chi connectivity index (χ1v) is 4.63. The molecule has 0 aromatic carbocycles. The summed E-state index contributed by atoms with van der Waals surface area (Å²) in [7, 11) is 0. The van der Waals surface area contributed by atoms with Gasteiger partial charge in [-0.05, 0) is 19.2 Å². The zero-order valence-corrected chi connectivity index (χ0v) is 8.23. The van der Waals surface area contributed by atoms with Gasteiger partial charge in [-0.15, -0.1) is 0 Å². The zero-order valence-electron chi connectivity index (χ0n) is 8.23. The van der Waals surface area contributed by atoms with Crippen molar-refractivity contribution in [1.82, 2.24) is 9.88 Å². The molecule has 0 aliphatic rings. The van der Waals surface area contributed by atoms with E-state index in [9.17, 15) is 0 Å². The third kappa shape index (κ3) is 3.42. The summed E-state index contributed by atoms with van der Waals surface area (Å²) in [6, 6.07) is 5.67.